The van der Waals surface area contributed by atoms with E-state index in [4.69, 9.17) is 10.2 Å². The summed E-state index contributed by atoms with van der Waals surface area (Å²) in [6.07, 6.45) is 3.50. The van der Waals surface area contributed by atoms with E-state index in [1.807, 2.05) is 0 Å². The first kappa shape index (κ1) is 10.2. The Bertz CT molecular complexity index is 510. The van der Waals surface area contributed by atoms with Crippen LogP contribution in [-0.2, 0) is 14.6 Å². The highest BCUT2D eigenvalue weighted by Crippen LogP contribution is 2.53. The van der Waals surface area contributed by atoms with Gasteiger partial charge in [-0.3, -0.25) is 4.79 Å². The van der Waals surface area contributed by atoms with E-state index in [9.17, 15) is 13.2 Å². The molecule has 5 nitrogen and oxygen atoms in total. The minimum Gasteiger partial charge on any atom is -0.459 e. The van der Waals surface area contributed by atoms with Crippen LogP contribution in [0.1, 0.15) is 29.0 Å². The van der Waals surface area contributed by atoms with Gasteiger partial charge < -0.3 is 10.2 Å². The minimum atomic E-state index is -3.24. The highest BCUT2D eigenvalue weighted by atomic mass is 32.2. The van der Waals surface area contributed by atoms with Gasteiger partial charge in [0.05, 0.1) is 6.26 Å². The summed E-state index contributed by atoms with van der Waals surface area (Å²) in [6.45, 7) is 0. The molecule has 0 aromatic carbocycles. The predicted molar refractivity (Wildman–Crippen MR) is 53.0 cm³/mol. The number of hydrogen-bond acceptors (Lipinski definition) is 4. The number of rotatable bonds is 3. The number of furan rings is 1. The van der Waals surface area contributed by atoms with Gasteiger partial charge in [-0.1, -0.05) is 0 Å². The summed E-state index contributed by atoms with van der Waals surface area (Å²) in [6, 6.07) is 1.51. The molecule has 0 spiro atoms. The van der Waals surface area contributed by atoms with Crippen LogP contribution in [0.3, 0.4) is 0 Å². The van der Waals surface area contributed by atoms with E-state index in [1.54, 1.807) is 0 Å². The molecule has 1 fully saturated rings. The molecule has 0 radical (unpaired) electrons. The Morgan fingerprint density at radius 3 is 2.53 bits per heavy atom. The normalized spacial score (nSPS) is 18.7. The van der Waals surface area contributed by atoms with Gasteiger partial charge in [-0.05, 0) is 18.9 Å². The molecular formula is C9H11NO4S. The lowest BCUT2D eigenvalue weighted by atomic mass is 10.1. The largest absolute Gasteiger partial charge is 0.459 e. The van der Waals surface area contributed by atoms with Crippen LogP contribution >= 0.6 is 0 Å². The summed E-state index contributed by atoms with van der Waals surface area (Å²) in [7, 11) is -3.24. The summed E-state index contributed by atoms with van der Waals surface area (Å²) in [4.78, 5) is 11.0. The predicted octanol–water partition coefficient (Wildman–Crippen LogP) is 0.412. The Labute approximate surface area is 87.2 Å². The van der Waals surface area contributed by atoms with Crippen LogP contribution in [-0.4, -0.2) is 20.6 Å². The molecular weight excluding hydrogens is 218 g/mol. The molecule has 1 saturated carbocycles. The Morgan fingerprint density at radius 2 is 2.13 bits per heavy atom. The molecule has 0 saturated heterocycles. The van der Waals surface area contributed by atoms with Gasteiger partial charge in [0.15, 0.2) is 15.6 Å². The Balaban J connectivity index is 2.56. The van der Waals surface area contributed by atoms with Crippen molar-refractivity contribution in [3.8, 4) is 0 Å². The highest BCUT2D eigenvalue weighted by molar-refractivity contribution is 7.92. The highest BCUT2D eigenvalue weighted by Gasteiger charge is 2.55. The third kappa shape index (κ3) is 1.36. The number of nitrogens with two attached hydrogens (primary N) is 1. The molecule has 1 aromatic heterocycles. The van der Waals surface area contributed by atoms with E-state index in [1.165, 1.54) is 12.3 Å². The molecule has 1 aliphatic rings. The summed E-state index contributed by atoms with van der Waals surface area (Å²) in [5.74, 6) is -0.775. The summed E-state index contributed by atoms with van der Waals surface area (Å²) >= 11 is 0. The van der Waals surface area contributed by atoms with Crippen molar-refractivity contribution in [2.75, 3.05) is 6.26 Å². The van der Waals surface area contributed by atoms with Crippen molar-refractivity contribution in [2.24, 2.45) is 5.73 Å². The molecule has 1 amide bonds. The van der Waals surface area contributed by atoms with Crippen LogP contribution < -0.4 is 5.73 Å². The van der Waals surface area contributed by atoms with Gasteiger partial charge in [-0.25, -0.2) is 8.42 Å². The van der Waals surface area contributed by atoms with E-state index in [0.29, 0.717) is 18.4 Å². The zero-order valence-corrected chi connectivity index (χ0v) is 9.00. The van der Waals surface area contributed by atoms with Crippen molar-refractivity contribution < 1.29 is 17.6 Å². The van der Waals surface area contributed by atoms with Crippen molar-refractivity contribution in [2.45, 2.75) is 17.6 Å². The second-order valence-corrected chi connectivity index (χ2v) is 6.12. The van der Waals surface area contributed by atoms with Crippen molar-refractivity contribution in [3.05, 3.63) is 23.7 Å². The van der Waals surface area contributed by atoms with Crippen molar-refractivity contribution in [1.29, 1.82) is 0 Å². The molecule has 82 valence electrons. The molecule has 0 bridgehead atoms. The lowest BCUT2D eigenvalue weighted by Gasteiger charge is -2.11. The fourth-order valence-corrected chi connectivity index (χ4v) is 3.22. The number of carbonyl (C=O) groups is 1. The molecule has 2 rings (SSSR count). The number of carbonyl (C=O) groups excluding carboxylic acids is 1. The first-order valence-electron chi connectivity index (χ1n) is 4.46. The maximum atomic E-state index is 11.6. The molecule has 15 heavy (non-hydrogen) atoms. The van der Waals surface area contributed by atoms with Crippen LogP contribution in [0.5, 0.6) is 0 Å². The molecule has 0 atom stereocenters. The standard InChI is InChI=1S/C9H11NO4S/c1-15(12,13)9(3-4-9)6-2-5-14-7(6)8(10)11/h2,5H,3-4H2,1H3,(H2,10,11). The van der Waals surface area contributed by atoms with Crippen LogP contribution in [0.15, 0.2) is 16.7 Å². The Morgan fingerprint density at radius 1 is 1.53 bits per heavy atom. The van der Waals surface area contributed by atoms with Gasteiger partial charge in [-0.2, -0.15) is 0 Å². The monoisotopic (exact) mass is 229 g/mol. The van der Waals surface area contributed by atoms with E-state index in [0.717, 1.165) is 6.26 Å². The third-order valence-electron chi connectivity index (χ3n) is 2.79. The quantitative estimate of drug-likeness (QED) is 0.812. The fraction of sp³-hybridized carbons (Fsp3) is 0.444. The number of amides is 1. The van der Waals surface area contributed by atoms with Crippen LogP contribution in [0.4, 0.5) is 0 Å². The fourth-order valence-electron chi connectivity index (χ4n) is 1.81. The van der Waals surface area contributed by atoms with Gasteiger partial charge in [0.1, 0.15) is 4.75 Å². The van der Waals surface area contributed by atoms with E-state index < -0.39 is 20.5 Å². The average molecular weight is 229 g/mol. The number of sulfone groups is 1. The first-order chi connectivity index (χ1) is 6.88. The Hall–Kier alpha value is -1.30. The third-order valence-corrected chi connectivity index (χ3v) is 4.84. The smallest absolute Gasteiger partial charge is 0.284 e. The second kappa shape index (κ2) is 2.85. The van der Waals surface area contributed by atoms with E-state index in [2.05, 4.69) is 0 Å². The minimum absolute atomic E-state index is 0.0436. The van der Waals surface area contributed by atoms with Gasteiger partial charge in [-0.15, -0.1) is 0 Å². The second-order valence-electron chi connectivity index (χ2n) is 3.79. The van der Waals surface area contributed by atoms with Gasteiger partial charge in [0.25, 0.3) is 5.91 Å². The van der Waals surface area contributed by atoms with Crippen molar-refractivity contribution >= 4 is 15.7 Å². The van der Waals surface area contributed by atoms with Crippen molar-refractivity contribution in [3.63, 3.8) is 0 Å². The molecule has 0 unspecified atom stereocenters. The average Bonchev–Trinajstić information content (AvgIpc) is 2.76. The molecule has 1 aromatic rings. The summed E-state index contributed by atoms with van der Waals surface area (Å²) in [5, 5.41) is 0. The molecule has 2 N–H and O–H groups in total. The van der Waals surface area contributed by atoms with Crippen LogP contribution in [0.2, 0.25) is 0 Å². The van der Waals surface area contributed by atoms with Crippen LogP contribution in [0.25, 0.3) is 0 Å². The van der Waals surface area contributed by atoms with E-state index in [-0.39, 0.29) is 5.76 Å². The SMILES string of the molecule is CS(=O)(=O)C1(c2ccoc2C(N)=O)CC1. The Kier molecular flexibility index (Phi) is 1.94. The summed E-state index contributed by atoms with van der Waals surface area (Å²) < 4.78 is 27.2. The molecule has 6 heteroatoms. The molecule has 1 heterocycles. The van der Waals surface area contributed by atoms with Gasteiger partial charge >= 0.3 is 0 Å². The van der Waals surface area contributed by atoms with Gasteiger partial charge in [0.2, 0.25) is 0 Å². The first-order valence-corrected chi connectivity index (χ1v) is 6.35. The number of primary amides is 1. The summed E-state index contributed by atoms with van der Waals surface area (Å²) in [5.41, 5.74) is 5.50. The lowest BCUT2D eigenvalue weighted by Crippen LogP contribution is -2.23. The lowest BCUT2D eigenvalue weighted by molar-refractivity contribution is 0.0972. The van der Waals surface area contributed by atoms with E-state index >= 15 is 0 Å². The van der Waals surface area contributed by atoms with Crippen molar-refractivity contribution in [1.82, 2.24) is 0 Å². The zero-order valence-electron chi connectivity index (χ0n) is 8.19. The topological polar surface area (TPSA) is 90.4 Å². The maximum absolute atomic E-state index is 11.6. The zero-order chi connectivity index (χ0) is 11.3. The molecule has 1 aliphatic carbocycles. The van der Waals surface area contributed by atoms with Gasteiger partial charge in [0, 0.05) is 11.8 Å². The van der Waals surface area contributed by atoms with Crippen LogP contribution in [0, 0.1) is 0 Å². The molecule has 0 aliphatic heterocycles. The number of hydrogen-bond donors (Lipinski definition) is 1. The maximum Gasteiger partial charge on any atom is 0.284 e.